The zero-order valence-corrected chi connectivity index (χ0v) is 11.4. The van der Waals surface area contributed by atoms with Crippen LogP contribution >= 0.6 is 0 Å². The van der Waals surface area contributed by atoms with Crippen molar-refractivity contribution in [3.8, 4) is 0 Å². The van der Waals surface area contributed by atoms with Crippen LogP contribution in [0.4, 0.5) is 0 Å². The predicted molar refractivity (Wildman–Crippen MR) is 76.6 cm³/mol. The van der Waals surface area contributed by atoms with Crippen molar-refractivity contribution in [2.45, 2.75) is 45.1 Å². The number of hydrogen-bond acceptors (Lipinski definition) is 2. The van der Waals surface area contributed by atoms with Gasteiger partial charge in [-0.05, 0) is 23.8 Å². The molecule has 2 heteroatoms. The van der Waals surface area contributed by atoms with Gasteiger partial charge in [0, 0.05) is 0 Å². The second-order valence-electron chi connectivity index (χ2n) is 5.45. The lowest BCUT2D eigenvalue weighted by Gasteiger charge is -2.33. The fourth-order valence-electron chi connectivity index (χ4n) is 2.79. The third-order valence-corrected chi connectivity index (χ3v) is 4.02. The lowest BCUT2D eigenvalue weighted by Crippen LogP contribution is -2.26. The Morgan fingerprint density at radius 2 is 1.89 bits per heavy atom. The van der Waals surface area contributed by atoms with E-state index in [1.807, 2.05) is 36.4 Å². The molecule has 2 nitrogen and oxygen atoms in total. The maximum absolute atomic E-state index is 12.0. The molecule has 102 valence electrons. The summed E-state index contributed by atoms with van der Waals surface area (Å²) in [6.07, 6.45) is 8.23. The van der Waals surface area contributed by atoms with Gasteiger partial charge in [-0.15, -0.1) is 6.58 Å². The molecule has 0 unspecified atom stereocenters. The van der Waals surface area contributed by atoms with Crippen molar-refractivity contribution < 1.29 is 9.53 Å². The Labute approximate surface area is 115 Å². The molecule has 1 saturated carbocycles. The van der Waals surface area contributed by atoms with Crippen LogP contribution in [0.2, 0.25) is 0 Å². The van der Waals surface area contributed by atoms with Gasteiger partial charge in [-0.2, -0.15) is 0 Å². The maximum atomic E-state index is 12.0. The lowest BCUT2D eigenvalue weighted by molar-refractivity contribution is -0.147. The monoisotopic (exact) mass is 258 g/mol. The number of allylic oxidation sites excluding steroid dienone is 1. The van der Waals surface area contributed by atoms with E-state index in [1.165, 1.54) is 19.3 Å². The Bertz CT molecular complexity index is 416. The summed E-state index contributed by atoms with van der Waals surface area (Å²) in [6.45, 7) is 4.29. The molecule has 1 aliphatic carbocycles. The molecule has 1 aromatic carbocycles. The summed E-state index contributed by atoms with van der Waals surface area (Å²) >= 11 is 0. The summed E-state index contributed by atoms with van der Waals surface area (Å²) in [5.41, 5.74) is 1.01. The van der Waals surface area contributed by atoms with E-state index in [2.05, 4.69) is 6.58 Å². The molecule has 1 aromatic rings. The quantitative estimate of drug-likeness (QED) is 0.583. The number of rotatable bonds is 5. The van der Waals surface area contributed by atoms with Crippen molar-refractivity contribution in [1.29, 1.82) is 0 Å². The van der Waals surface area contributed by atoms with Crippen LogP contribution in [0.3, 0.4) is 0 Å². The van der Waals surface area contributed by atoms with Crippen LogP contribution in [0.25, 0.3) is 0 Å². The number of carbonyl (C=O) groups is 1. The molecule has 1 fully saturated rings. The minimum absolute atomic E-state index is 0.0218. The second-order valence-corrected chi connectivity index (χ2v) is 5.45. The number of ether oxygens (including phenoxy) is 1. The highest BCUT2D eigenvalue weighted by Crippen LogP contribution is 2.40. The van der Waals surface area contributed by atoms with Gasteiger partial charge in [-0.1, -0.05) is 55.7 Å². The molecule has 19 heavy (non-hydrogen) atoms. The van der Waals surface area contributed by atoms with Crippen LogP contribution < -0.4 is 0 Å². The van der Waals surface area contributed by atoms with Crippen LogP contribution in [0.1, 0.15) is 44.1 Å². The minimum atomic E-state index is -0.106. The molecule has 0 N–H and O–H groups in total. The topological polar surface area (TPSA) is 26.3 Å². The smallest absolute Gasteiger partial charge is 0.307 e. The van der Waals surface area contributed by atoms with Gasteiger partial charge >= 0.3 is 5.97 Å². The normalized spacial score (nSPS) is 17.7. The van der Waals surface area contributed by atoms with Gasteiger partial charge in [0.1, 0.15) is 6.61 Å². The van der Waals surface area contributed by atoms with Gasteiger partial charge in [0.05, 0.1) is 6.42 Å². The van der Waals surface area contributed by atoms with Crippen molar-refractivity contribution in [2.75, 3.05) is 0 Å². The molecule has 0 heterocycles. The largest absolute Gasteiger partial charge is 0.461 e. The second kappa shape index (κ2) is 6.55. The first-order chi connectivity index (χ1) is 9.24. The first-order valence-electron chi connectivity index (χ1n) is 7.07. The van der Waals surface area contributed by atoms with E-state index in [0.29, 0.717) is 13.0 Å². The fraction of sp³-hybridized carbons (Fsp3) is 0.471. The van der Waals surface area contributed by atoms with Gasteiger partial charge in [0.25, 0.3) is 0 Å². The van der Waals surface area contributed by atoms with E-state index in [9.17, 15) is 4.79 Å². The molecule has 0 amide bonds. The van der Waals surface area contributed by atoms with Crippen LogP contribution in [0, 0.1) is 5.41 Å². The molecule has 0 atom stereocenters. The van der Waals surface area contributed by atoms with E-state index < -0.39 is 0 Å². The van der Waals surface area contributed by atoms with Gasteiger partial charge in [-0.3, -0.25) is 4.79 Å². The molecule has 0 radical (unpaired) electrons. The van der Waals surface area contributed by atoms with Crippen molar-refractivity contribution >= 4 is 5.97 Å². The summed E-state index contributed by atoms with van der Waals surface area (Å²) in [4.78, 5) is 12.0. The first-order valence-corrected chi connectivity index (χ1v) is 7.07. The summed E-state index contributed by atoms with van der Waals surface area (Å²) in [6, 6.07) is 9.81. The highest BCUT2D eigenvalue weighted by molar-refractivity contribution is 5.70. The molecule has 0 aliphatic heterocycles. The zero-order valence-electron chi connectivity index (χ0n) is 11.4. The highest BCUT2D eigenvalue weighted by Gasteiger charge is 2.31. The Morgan fingerprint density at radius 3 is 2.53 bits per heavy atom. The standard InChI is InChI=1S/C17H22O2/c1-2-17(11-7-4-8-12-17)13-16(18)19-14-15-9-5-3-6-10-15/h2-3,5-6,9-10H,1,4,7-8,11-14H2. The SMILES string of the molecule is C=CC1(CC(=O)OCc2ccccc2)CCCCC1. The van der Waals surface area contributed by atoms with Crippen molar-refractivity contribution in [1.82, 2.24) is 0 Å². The first kappa shape index (κ1) is 13.9. The van der Waals surface area contributed by atoms with Gasteiger partial charge in [0.15, 0.2) is 0 Å². The van der Waals surface area contributed by atoms with Crippen LogP contribution in [-0.4, -0.2) is 5.97 Å². The lowest BCUT2D eigenvalue weighted by atomic mass is 9.72. The summed E-state index contributed by atoms with van der Waals surface area (Å²) in [5, 5.41) is 0. The molecule has 2 rings (SSSR count). The van der Waals surface area contributed by atoms with Crippen LogP contribution in [0.15, 0.2) is 43.0 Å². The molecule has 0 bridgehead atoms. The van der Waals surface area contributed by atoms with Crippen molar-refractivity contribution in [3.63, 3.8) is 0 Å². The Morgan fingerprint density at radius 1 is 1.21 bits per heavy atom. The third kappa shape index (κ3) is 3.95. The molecular formula is C17H22O2. The minimum Gasteiger partial charge on any atom is -0.461 e. The maximum Gasteiger partial charge on any atom is 0.307 e. The molecule has 0 spiro atoms. The van der Waals surface area contributed by atoms with E-state index in [4.69, 9.17) is 4.74 Å². The average Bonchev–Trinajstić information content (AvgIpc) is 2.47. The van der Waals surface area contributed by atoms with E-state index in [1.54, 1.807) is 0 Å². The number of carbonyl (C=O) groups excluding carboxylic acids is 1. The van der Waals surface area contributed by atoms with Crippen molar-refractivity contribution in [2.24, 2.45) is 5.41 Å². The van der Waals surface area contributed by atoms with Gasteiger partial charge in [-0.25, -0.2) is 0 Å². The zero-order chi connectivity index (χ0) is 13.6. The Hall–Kier alpha value is -1.57. The van der Waals surface area contributed by atoms with Gasteiger partial charge in [0.2, 0.25) is 0 Å². The number of benzene rings is 1. The van der Waals surface area contributed by atoms with Crippen molar-refractivity contribution in [3.05, 3.63) is 48.6 Å². The number of hydrogen-bond donors (Lipinski definition) is 0. The van der Waals surface area contributed by atoms with E-state index in [-0.39, 0.29) is 11.4 Å². The third-order valence-electron chi connectivity index (χ3n) is 4.02. The fourth-order valence-corrected chi connectivity index (χ4v) is 2.79. The average molecular weight is 258 g/mol. The summed E-state index contributed by atoms with van der Waals surface area (Å²) in [7, 11) is 0. The molecule has 0 aromatic heterocycles. The molecular weight excluding hydrogens is 236 g/mol. The molecule has 0 saturated heterocycles. The van der Waals surface area contributed by atoms with E-state index >= 15 is 0 Å². The van der Waals surface area contributed by atoms with Crippen LogP contribution in [-0.2, 0) is 16.1 Å². The summed E-state index contributed by atoms with van der Waals surface area (Å²) in [5.74, 6) is -0.106. The number of esters is 1. The highest BCUT2D eigenvalue weighted by atomic mass is 16.5. The summed E-state index contributed by atoms with van der Waals surface area (Å²) < 4.78 is 5.37. The Balaban J connectivity index is 1.84. The predicted octanol–water partition coefficient (Wildman–Crippen LogP) is 4.26. The van der Waals surface area contributed by atoms with Crippen LogP contribution in [0.5, 0.6) is 0 Å². The van der Waals surface area contributed by atoms with E-state index in [0.717, 1.165) is 18.4 Å². The molecule has 1 aliphatic rings. The Kier molecular flexibility index (Phi) is 4.78. The van der Waals surface area contributed by atoms with Gasteiger partial charge < -0.3 is 4.74 Å².